The molecule has 3 aromatic carbocycles. The van der Waals surface area contributed by atoms with Crippen LogP contribution in [0.25, 0.3) is 0 Å². The summed E-state index contributed by atoms with van der Waals surface area (Å²) in [5, 5.41) is 12.8. The van der Waals surface area contributed by atoms with E-state index in [4.69, 9.17) is 14.7 Å². The minimum Gasteiger partial charge on any atom is -0.482 e. The monoisotopic (exact) mass is 417 g/mol. The van der Waals surface area contributed by atoms with E-state index in [0.29, 0.717) is 16.9 Å². The molecule has 0 bridgehead atoms. The van der Waals surface area contributed by atoms with Crippen LogP contribution >= 0.6 is 0 Å². The van der Waals surface area contributed by atoms with Gasteiger partial charge in [-0.05, 0) is 48.0 Å². The van der Waals surface area contributed by atoms with Gasteiger partial charge in [0, 0.05) is 0 Å². The van der Waals surface area contributed by atoms with E-state index in [-0.39, 0.29) is 17.9 Å². The van der Waals surface area contributed by atoms with Crippen LogP contribution in [-0.4, -0.2) is 24.7 Å². The summed E-state index contributed by atoms with van der Waals surface area (Å²) in [5.41, 5.74) is 3.27. The van der Waals surface area contributed by atoms with E-state index in [1.54, 1.807) is 42.5 Å². The first-order valence-corrected chi connectivity index (χ1v) is 9.07. The Morgan fingerprint density at radius 1 is 1.06 bits per heavy atom. The lowest BCUT2D eigenvalue weighted by atomic mass is 10.2. The summed E-state index contributed by atoms with van der Waals surface area (Å²) in [6.07, 6.45) is 1.36. The van der Waals surface area contributed by atoms with Crippen LogP contribution in [0, 0.1) is 17.1 Å². The number of nitrogens with zero attached hydrogens (tertiary/aromatic N) is 2. The van der Waals surface area contributed by atoms with E-state index in [9.17, 15) is 14.0 Å². The molecule has 0 heterocycles. The Bertz CT molecular complexity index is 1170. The first kappa shape index (κ1) is 21.2. The molecule has 154 valence electrons. The van der Waals surface area contributed by atoms with Crippen molar-refractivity contribution in [3.63, 3.8) is 0 Å². The van der Waals surface area contributed by atoms with Gasteiger partial charge in [0.25, 0.3) is 5.91 Å². The van der Waals surface area contributed by atoms with Crippen LogP contribution in [-0.2, 0) is 4.79 Å². The van der Waals surface area contributed by atoms with Gasteiger partial charge in [-0.1, -0.05) is 30.3 Å². The molecule has 0 aliphatic heterocycles. The number of benzene rings is 3. The normalized spacial score (nSPS) is 10.3. The molecular formula is C23H16FN3O4. The average molecular weight is 417 g/mol. The number of carbonyl (C=O) groups is 2. The number of nitrogens with one attached hydrogen (secondary N) is 1. The zero-order valence-corrected chi connectivity index (χ0v) is 16.1. The number of halogens is 1. The lowest BCUT2D eigenvalue weighted by molar-refractivity contribution is -0.123. The van der Waals surface area contributed by atoms with Crippen molar-refractivity contribution in [2.75, 3.05) is 6.61 Å². The minimum absolute atomic E-state index is 0.0873. The molecule has 0 unspecified atom stereocenters. The van der Waals surface area contributed by atoms with Crippen molar-refractivity contribution in [1.82, 2.24) is 5.43 Å². The summed E-state index contributed by atoms with van der Waals surface area (Å²) in [7, 11) is 0. The summed E-state index contributed by atoms with van der Waals surface area (Å²) < 4.78 is 23.8. The second-order valence-corrected chi connectivity index (χ2v) is 6.16. The van der Waals surface area contributed by atoms with Gasteiger partial charge in [-0.2, -0.15) is 10.4 Å². The molecule has 31 heavy (non-hydrogen) atoms. The zero-order valence-electron chi connectivity index (χ0n) is 16.1. The first-order chi connectivity index (χ1) is 15.0. The number of hydrogen-bond acceptors (Lipinski definition) is 6. The third-order valence-electron chi connectivity index (χ3n) is 3.90. The number of nitriles is 1. The number of rotatable bonds is 7. The summed E-state index contributed by atoms with van der Waals surface area (Å²) >= 11 is 0. The van der Waals surface area contributed by atoms with Crippen LogP contribution in [0.3, 0.4) is 0 Å². The Kier molecular flexibility index (Phi) is 7.06. The molecule has 0 aliphatic rings. The summed E-state index contributed by atoms with van der Waals surface area (Å²) in [4.78, 5) is 24.0. The Balaban J connectivity index is 1.53. The number of hydrogen-bond donors (Lipinski definition) is 1. The van der Waals surface area contributed by atoms with Gasteiger partial charge in [-0.15, -0.1) is 0 Å². The lowest BCUT2D eigenvalue weighted by Gasteiger charge is -2.06. The molecule has 0 aromatic heterocycles. The highest BCUT2D eigenvalue weighted by Crippen LogP contribution is 2.16. The second-order valence-electron chi connectivity index (χ2n) is 6.16. The maximum atomic E-state index is 13.2. The van der Waals surface area contributed by atoms with Crippen LogP contribution < -0.4 is 14.9 Å². The quantitative estimate of drug-likeness (QED) is 0.275. The summed E-state index contributed by atoms with van der Waals surface area (Å²) in [6, 6.07) is 20.1. The fraction of sp³-hybridized carbons (Fsp3) is 0.0435. The van der Waals surface area contributed by atoms with Gasteiger partial charge >= 0.3 is 5.97 Å². The zero-order chi connectivity index (χ0) is 22.1. The topological polar surface area (TPSA) is 101 Å². The predicted octanol–water partition coefficient (Wildman–Crippen LogP) is 3.45. The van der Waals surface area contributed by atoms with Gasteiger partial charge < -0.3 is 9.47 Å². The van der Waals surface area contributed by atoms with Crippen LogP contribution in [0.5, 0.6) is 11.5 Å². The molecule has 1 amide bonds. The van der Waals surface area contributed by atoms with E-state index in [1.807, 2.05) is 6.07 Å². The first-order valence-electron chi connectivity index (χ1n) is 9.07. The van der Waals surface area contributed by atoms with Crippen molar-refractivity contribution < 1.29 is 23.5 Å². The molecule has 0 fully saturated rings. The van der Waals surface area contributed by atoms with Crippen LogP contribution in [0.4, 0.5) is 4.39 Å². The Morgan fingerprint density at radius 3 is 2.68 bits per heavy atom. The van der Waals surface area contributed by atoms with Crippen molar-refractivity contribution in [2.24, 2.45) is 5.10 Å². The summed E-state index contributed by atoms with van der Waals surface area (Å²) in [5.74, 6) is -1.21. The SMILES string of the molecule is N#Cc1ccccc1OCC(=O)N/N=C/c1cccc(OC(=O)c2cccc(F)c2)c1. The van der Waals surface area contributed by atoms with Crippen LogP contribution in [0.2, 0.25) is 0 Å². The smallest absolute Gasteiger partial charge is 0.343 e. The van der Waals surface area contributed by atoms with Crippen molar-refractivity contribution in [3.05, 3.63) is 95.3 Å². The van der Waals surface area contributed by atoms with Gasteiger partial charge in [0.1, 0.15) is 23.4 Å². The van der Waals surface area contributed by atoms with Gasteiger partial charge in [-0.25, -0.2) is 14.6 Å². The highest BCUT2D eigenvalue weighted by Gasteiger charge is 2.10. The van der Waals surface area contributed by atoms with Crippen molar-refractivity contribution >= 4 is 18.1 Å². The van der Waals surface area contributed by atoms with Crippen molar-refractivity contribution in [3.8, 4) is 17.6 Å². The molecule has 0 saturated carbocycles. The molecule has 0 saturated heterocycles. The highest BCUT2D eigenvalue weighted by molar-refractivity contribution is 5.91. The number of ether oxygens (including phenoxy) is 2. The maximum absolute atomic E-state index is 13.2. The third-order valence-corrected chi connectivity index (χ3v) is 3.90. The van der Waals surface area contributed by atoms with E-state index < -0.39 is 17.7 Å². The molecule has 7 nitrogen and oxygen atoms in total. The molecule has 0 atom stereocenters. The molecule has 0 spiro atoms. The average Bonchev–Trinajstić information content (AvgIpc) is 2.78. The predicted molar refractivity (Wildman–Crippen MR) is 110 cm³/mol. The van der Waals surface area contributed by atoms with Crippen molar-refractivity contribution in [1.29, 1.82) is 5.26 Å². The van der Waals surface area contributed by atoms with E-state index >= 15 is 0 Å². The molecule has 8 heteroatoms. The highest BCUT2D eigenvalue weighted by atomic mass is 19.1. The molecule has 1 N–H and O–H groups in total. The maximum Gasteiger partial charge on any atom is 0.343 e. The van der Waals surface area contributed by atoms with E-state index in [0.717, 1.165) is 6.07 Å². The van der Waals surface area contributed by atoms with Crippen molar-refractivity contribution in [2.45, 2.75) is 0 Å². The van der Waals surface area contributed by atoms with Crippen LogP contribution in [0.15, 0.2) is 77.9 Å². The summed E-state index contributed by atoms with van der Waals surface area (Å²) in [6.45, 7) is -0.318. The number of esters is 1. The van der Waals surface area contributed by atoms with E-state index in [1.165, 1.54) is 30.5 Å². The minimum atomic E-state index is -0.698. The molecular weight excluding hydrogens is 401 g/mol. The largest absolute Gasteiger partial charge is 0.482 e. The number of amides is 1. The Labute approximate surface area is 177 Å². The van der Waals surface area contributed by atoms with Gasteiger partial charge in [0.15, 0.2) is 6.61 Å². The molecule has 0 aliphatic carbocycles. The van der Waals surface area contributed by atoms with Gasteiger partial charge in [0.05, 0.1) is 17.3 Å². The second kappa shape index (κ2) is 10.3. The molecule has 3 rings (SSSR count). The number of hydrazone groups is 1. The third kappa shape index (κ3) is 6.24. The fourth-order valence-corrected chi connectivity index (χ4v) is 2.48. The molecule has 3 aromatic rings. The standard InChI is InChI=1S/C23H16FN3O4/c24-19-8-4-7-17(12-19)23(29)31-20-9-3-5-16(11-20)14-26-27-22(28)15-30-21-10-2-1-6-18(21)13-25/h1-12,14H,15H2,(H,27,28)/b26-14+. The molecule has 0 radical (unpaired) electrons. The van der Waals surface area contributed by atoms with Crippen LogP contribution in [0.1, 0.15) is 21.5 Å². The lowest BCUT2D eigenvalue weighted by Crippen LogP contribution is -2.24. The van der Waals surface area contributed by atoms with E-state index in [2.05, 4.69) is 10.5 Å². The number of carbonyl (C=O) groups excluding carboxylic acids is 2. The number of para-hydroxylation sites is 1. The Morgan fingerprint density at radius 2 is 1.87 bits per heavy atom. The van der Waals surface area contributed by atoms with Gasteiger partial charge in [0.2, 0.25) is 0 Å². The van der Waals surface area contributed by atoms with Gasteiger partial charge in [-0.3, -0.25) is 4.79 Å². The fourth-order valence-electron chi connectivity index (χ4n) is 2.48. The Hall–Kier alpha value is -4.51.